The van der Waals surface area contributed by atoms with Gasteiger partial charge in [-0.1, -0.05) is 19.0 Å². The minimum atomic E-state index is -2.85. The van der Waals surface area contributed by atoms with Crippen LogP contribution in [-0.4, -0.2) is 48.1 Å². The van der Waals surface area contributed by atoms with E-state index in [9.17, 15) is 8.42 Å². The van der Waals surface area contributed by atoms with Crippen LogP contribution in [0.4, 0.5) is 0 Å². The molecule has 1 saturated heterocycles. The summed E-state index contributed by atoms with van der Waals surface area (Å²) < 4.78 is 28.1. The van der Waals surface area contributed by atoms with Crippen molar-refractivity contribution in [2.75, 3.05) is 18.6 Å². The zero-order valence-corrected chi connectivity index (χ0v) is 12.5. The van der Waals surface area contributed by atoms with Gasteiger partial charge in [-0.2, -0.15) is 4.98 Å². The minimum absolute atomic E-state index is 0.0606. The van der Waals surface area contributed by atoms with Crippen molar-refractivity contribution in [3.63, 3.8) is 0 Å². The second-order valence-corrected chi connectivity index (χ2v) is 7.90. The number of aromatic nitrogens is 2. The first-order valence-electron chi connectivity index (χ1n) is 6.58. The topological polar surface area (TPSA) is 76.3 Å². The molecule has 0 radical (unpaired) electrons. The van der Waals surface area contributed by atoms with E-state index in [4.69, 9.17) is 4.52 Å². The highest BCUT2D eigenvalue weighted by Crippen LogP contribution is 2.18. The zero-order chi connectivity index (χ0) is 14.0. The zero-order valence-electron chi connectivity index (χ0n) is 11.7. The van der Waals surface area contributed by atoms with E-state index >= 15 is 0 Å². The Morgan fingerprint density at radius 3 is 2.79 bits per heavy atom. The number of hydrogen-bond acceptors (Lipinski definition) is 6. The van der Waals surface area contributed by atoms with E-state index in [1.165, 1.54) is 0 Å². The number of sulfone groups is 1. The summed E-state index contributed by atoms with van der Waals surface area (Å²) in [6, 6.07) is 0.0606. The lowest BCUT2D eigenvalue weighted by molar-refractivity contribution is 0.217. The summed E-state index contributed by atoms with van der Waals surface area (Å²) >= 11 is 0. The highest BCUT2D eigenvalue weighted by atomic mass is 32.2. The normalized spacial score (nSPS) is 22.5. The molecular weight excluding hydrogens is 266 g/mol. The first kappa shape index (κ1) is 14.5. The third-order valence-corrected chi connectivity index (χ3v) is 5.07. The molecule has 1 aliphatic heterocycles. The lowest BCUT2D eigenvalue weighted by Gasteiger charge is -2.20. The van der Waals surface area contributed by atoms with Crippen LogP contribution in [0.1, 0.15) is 32.0 Å². The summed E-state index contributed by atoms with van der Waals surface area (Å²) in [5, 5.41) is 3.93. The molecular formula is C12H21N3O3S. The molecule has 0 amide bonds. The fourth-order valence-electron chi connectivity index (χ4n) is 2.27. The monoisotopic (exact) mass is 287 g/mol. The molecule has 2 heterocycles. The minimum Gasteiger partial charge on any atom is -0.338 e. The van der Waals surface area contributed by atoms with Gasteiger partial charge in [0.15, 0.2) is 15.7 Å². The summed E-state index contributed by atoms with van der Waals surface area (Å²) in [5.41, 5.74) is 0. The van der Waals surface area contributed by atoms with E-state index < -0.39 is 9.84 Å². The number of rotatable bonds is 5. The van der Waals surface area contributed by atoms with Crippen LogP contribution in [0.2, 0.25) is 0 Å². The van der Waals surface area contributed by atoms with E-state index in [0.717, 1.165) is 12.2 Å². The van der Waals surface area contributed by atoms with E-state index in [2.05, 4.69) is 24.0 Å². The highest BCUT2D eigenvalue weighted by Gasteiger charge is 2.31. The second-order valence-electron chi connectivity index (χ2n) is 5.67. The quantitative estimate of drug-likeness (QED) is 0.800. The molecule has 108 valence electrons. The maximum Gasteiger partial charge on any atom is 0.240 e. The van der Waals surface area contributed by atoms with Crippen LogP contribution in [0.15, 0.2) is 4.52 Å². The van der Waals surface area contributed by atoms with E-state index in [-0.39, 0.29) is 17.5 Å². The Morgan fingerprint density at radius 2 is 2.21 bits per heavy atom. The van der Waals surface area contributed by atoms with Crippen LogP contribution in [0, 0.1) is 5.92 Å². The van der Waals surface area contributed by atoms with Crippen LogP contribution in [0.3, 0.4) is 0 Å². The van der Waals surface area contributed by atoms with E-state index in [0.29, 0.717) is 24.8 Å². The van der Waals surface area contributed by atoms with Crippen molar-refractivity contribution in [3.05, 3.63) is 11.7 Å². The maximum absolute atomic E-state index is 11.4. The first-order valence-corrected chi connectivity index (χ1v) is 8.40. The molecule has 19 heavy (non-hydrogen) atoms. The molecule has 1 aromatic heterocycles. The average Bonchev–Trinajstić information content (AvgIpc) is 2.84. The largest absolute Gasteiger partial charge is 0.338 e. The molecule has 7 heteroatoms. The molecule has 0 bridgehead atoms. The Balaban J connectivity index is 1.92. The van der Waals surface area contributed by atoms with Crippen molar-refractivity contribution >= 4 is 9.84 Å². The Morgan fingerprint density at radius 1 is 1.47 bits per heavy atom. The summed E-state index contributed by atoms with van der Waals surface area (Å²) in [5.74, 6) is 2.28. The fourth-order valence-corrected chi connectivity index (χ4v) is 4.07. The van der Waals surface area contributed by atoms with Gasteiger partial charge < -0.3 is 4.52 Å². The maximum atomic E-state index is 11.4. The molecule has 0 saturated carbocycles. The molecule has 1 fully saturated rings. The van der Waals surface area contributed by atoms with E-state index in [1.807, 2.05) is 11.9 Å². The Bertz CT molecular complexity index is 524. The molecule has 0 unspecified atom stereocenters. The van der Waals surface area contributed by atoms with Crippen molar-refractivity contribution < 1.29 is 12.9 Å². The summed E-state index contributed by atoms with van der Waals surface area (Å²) in [7, 11) is -0.951. The molecule has 1 atom stereocenters. The Hall–Kier alpha value is -0.950. The van der Waals surface area contributed by atoms with Gasteiger partial charge in [0.2, 0.25) is 5.89 Å². The van der Waals surface area contributed by atoms with E-state index in [1.54, 1.807) is 0 Å². The van der Waals surface area contributed by atoms with Crippen LogP contribution < -0.4 is 0 Å². The van der Waals surface area contributed by atoms with Crippen molar-refractivity contribution in [1.82, 2.24) is 15.0 Å². The van der Waals surface area contributed by atoms with Gasteiger partial charge in [-0.15, -0.1) is 0 Å². The molecule has 0 N–H and O–H groups in total. The molecule has 1 aliphatic rings. The van der Waals surface area contributed by atoms with Crippen molar-refractivity contribution in [2.24, 2.45) is 5.92 Å². The number of nitrogens with zero attached hydrogens (tertiary/aromatic N) is 3. The van der Waals surface area contributed by atoms with Crippen molar-refractivity contribution in [2.45, 2.75) is 39.3 Å². The lowest BCUT2D eigenvalue weighted by atomic mass is 10.1. The highest BCUT2D eigenvalue weighted by molar-refractivity contribution is 7.91. The van der Waals surface area contributed by atoms with Gasteiger partial charge in [-0.25, -0.2) is 8.42 Å². The smallest absolute Gasteiger partial charge is 0.240 e. The summed E-state index contributed by atoms with van der Waals surface area (Å²) in [6.07, 6.45) is 1.48. The number of hydrogen-bond donors (Lipinski definition) is 0. The molecule has 0 spiro atoms. The van der Waals surface area contributed by atoms with Gasteiger partial charge in [-0.05, 0) is 19.4 Å². The van der Waals surface area contributed by atoms with Gasteiger partial charge in [-0.3, -0.25) is 4.90 Å². The second kappa shape index (κ2) is 5.58. The third-order valence-electron chi connectivity index (χ3n) is 3.32. The third kappa shape index (κ3) is 4.01. The molecule has 0 aromatic carbocycles. The summed E-state index contributed by atoms with van der Waals surface area (Å²) in [6.45, 7) is 4.71. The Labute approximate surface area is 114 Å². The van der Waals surface area contributed by atoms with Crippen LogP contribution in [-0.2, 0) is 22.8 Å². The van der Waals surface area contributed by atoms with Crippen molar-refractivity contribution in [1.29, 1.82) is 0 Å². The van der Waals surface area contributed by atoms with Crippen LogP contribution >= 0.6 is 0 Å². The lowest BCUT2D eigenvalue weighted by Crippen LogP contribution is -2.32. The predicted molar refractivity (Wildman–Crippen MR) is 71.4 cm³/mol. The van der Waals surface area contributed by atoms with Gasteiger partial charge in [0, 0.05) is 12.5 Å². The SMILES string of the molecule is CC(C)Cc1noc(CN(C)[C@@H]2CCS(=O)(=O)C2)n1. The van der Waals surface area contributed by atoms with Gasteiger partial charge in [0.25, 0.3) is 0 Å². The first-order chi connectivity index (χ1) is 8.85. The standard InChI is InChI=1S/C12H21N3O3S/c1-9(2)6-11-13-12(18-14-11)7-15(3)10-4-5-19(16,17)8-10/h9-10H,4-8H2,1-3H3/t10-/m1/s1. The molecule has 2 rings (SSSR count). The van der Waals surface area contributed by atoms with Gasteiger partial charge in [0.05, 0.1) is 18.1 Å². The predicted octanol–water partition coefficient (Wildman–Crippen LogP) is 0.887. The fraction of sp³-hybridized carbons (Fsp3) is 0.833. The van der Waals surface area contributed by atoms with Gasteiger partial charge in [0.1, 0.15) is 0 Å². The van der Waals surface area contributed by atoms with Crippen LogP contribution in [0.5, 0.6) is 0 Å². The average molecular weight is 287 g/mol. The summed E-state index contributed by atoms with van der Waals surface area (Å²) in [4.78, 5) is 6.31. The molecule has 1 aromatic rings. The van der Waals surface area contributed by atoms with Gasteiger partial charge >= 0.3 is 0 Å². The van der Waals surface area contributed by atoms with Crippen LogP contribution in [0.25, 0.3) is 0 Å². The van der Waals surface area contributed by atoms with Crippen molar-refractivity contribution in [3.8, 4) is 0 Å². The molecule has 6 nitrogen and oxygen atoms in total. The Kier molecular flexibility index (Phi) is 4.25. The molecule has 0 aliphatic carbocycles.